The summed E-state index contributed by atoms with van der Waals surface area (Å²) in [4.78, 5) is 12.2. The number of carbonyl (C=O) groups excluding carboxylic acids is 1. The van der Waals surface area contributed by atoms with Crippen molar-refractivity contribution in [2.24, 2.45) is 0 Å². The molecule has 1 aromatic carbocycles. The van der Waals surface area contributed by atoms with Gasteiger partial charge in [-0.3, -0.25) is 4.79 Å². The Kier molecular flexibility index (Phi) is 5.11. The second-order valence-electron chi connectivity index (χ2n) is 6.53. The Morgan fingerprint density at radius 1 is 1.27 bits per heavy atom. The molecule has 0 aromatic heterocycles. The summed E-state index contributed by atoms with van der Waals surface area (Å²) in [6, 6.07) is 10.9. The largest absolute Gasteiger partial charge is 0.381 e. The van der Waals surface area contributed by atoms with Gasteiger partial charge in [-0.2, -0.15) is 0 Å². The van der Waals surface area contributed by atoms with Crippen molar-refractivity contribution < 1.29 is 9.53 Å². The van der Waals surface area contributed by atoms with Crippen molar-refractivity contribution in [3.63, 3.8) is 0 Å². The van der Waals surface area contributed by atoms with E-state index in [4.69, 9.17) is 4.74 Å². The number of amides is 1. The van der Waals surface area contributed by atoms with Crippen molar-refractivity contribution >= 4 is 5.91 Å². The first-order valence-corrected chi connectivity index (χ1v) is 8.42. The third-order valence-electron chi connectivity index (χ3n) is 5.05. The second kappa shape index (κ2) is 7.25. The van der Waals surface area contributed by atoms with Crippen LogP contribution in [-0.2, 0) is 14.9 Å². The van der Waals surface area contributed by atoms with Gasteiger partial charge in [0, 0.05) is 37.6 Å². The predicted molar refractivity (Wildman–Crippen MR) is 86.8 cm³/mol. The Morgan fingerprint density at radius 3 is 2.73 bits per heavy atom. The zero-order valence-corrected chi connectivity index (χ0v) is 13.1. The van der Waals surface area contributed by atoms with Gasteiger partial charge in [-0.25, -0.2) is 0 Å². The van der Waals surface area contributed by atoms with Crippen LogP contribution in [0, 0.1) is 0 Å². The Bertz CT molecular complexity index is 477. The number of ether oxygens (including phenoxy) is 1. The molecule has 0 spiro atoms. The first kappa shape index (κ1) is 15.5. The van der Waals surface area contributed by atoms with Gasteiger partial charge < -0.3 is 15.4 Å². The molecule has 2 heterocycles. The molecular weight excluding hydrogens is 276 g/mol. The molecule has 2 N–H and O–H groups in total. The molecule has 0 aliphatic carbocycles. The van der Waals surface area contributed by atoms with Gasteiger partial charge in [0.2, 0.25) is 5.91 Å². The fraction of sp³-hybridized carbons (Fsp3) is 0.611. The van der Waals surface area contributed by atoms with E-state index in [0.717, 1.165) is 39.0 Å². The zero-order chi connectivity index (χ0) is 15.3. The van der Waals surface area contributed by atoms with E-state index < -0.39 is 0 Å². The topological polar surface area (TPSA) is 50.4 Å². The number of hydrogen-bond donors (Lipinski definition) is 2. The molecule has 2 saturated heterocycles. The van der Waals surface area contributed by atoms with Crippen LogP contribution >= 0.6 is 0 Å². The molecule has 1 aromatic rings. The number of rotatable bonds is 5. The minimum atomic E-state index is 0.0261. The lowest BCUT2D eigenvalue weighted by atomic mass is 9.74. The van der Waals surface area contributed by atoms with Crippen LogP contribution in [0.15, 0.2) is 30.3 Å². The monoisotopic (exact) mass is 302 g/mol. The van der Waals surface area contributed by atoms with Gasteiger partial charge in [0.15, 0.2) is 0 Å². The van der Waals surface area contributed by atoms with E-state index in [1.807, 2.05) is 6.07 Å². The number of hydrogen-bond acceptors (Lipinski definition) is 3. The maximum atomic E-state index is 12.2. The maximum absolute atomic E-state index is 12.2. The molecule has 22 heavy (non-hydrogen) atoms. The van der Waals surface area contributed by atoms with Crippen LogP contribution in [-0.4, -0.2) is 38.3 Å². The Hall–Kier alpha value is -1.39. The highest BCUT2D eigenvalue weighted by Crippen LogP contribution is 2.34. The van der Waals surface area contributed by atoms with Crippen molar-refractivity contribution in [3.05, 3.63) is 35.9 Å². The highest BCUT2D eigenvalue weighted by molar-refractivity contribution is 5.76. The van der Waals surface area contributed by atoms with Crippen LogP contribution in [0.3, 0.4) is 0 Å². The van der Waals surface area contributed by atoms with Gasteiger partial charge >= 0.3 is 0 Å². The molecule has 1 unspecified atom stereocenters. The number of carbonyl (C=O) groups is 1. The van der Waals surface area contributed by atoms with Crippen molar-refractivity contribution in [1.82, 2.24) is 10.6 Å². The standard InChI is InChI=1S/C18H26N2O2/c21-17(13-16-7-4-10-19-16)20-14-18(8-11-22-12-9-18)15-5-2-1-3-6-15/h1-3,5-6,16,19H,4,7-14H2,(H,20,21). The molecule has 4 nitrogen and oxygen atoms in total. The van der Waals surface area contributed by atoms with Crippen LogP contribution in [0.4, 0.5) is 0 Å². The molecule has 1 amide bonds. The molecule has 120 valence electrons. The molecule has 3 rings (SSSR count). The Morgan fingerprint density at radius 2 is 2.05 bits per heavy atom. The van der Waals surface area contributed by atoms with Crippen LogP contribution in [0.5, 0.6) is 0 Å². The first-order valence-electron chi connectivity index (χ1n) is 8.42. The molecule has 0 bridgehead atoms. The Labute approximate surface area is 132 Å². The number of benzene rings is 1. The normalized spacial score (nSPS) is 24.1. The Balaban J connectivity index is 1.62. The fourth-order valence-electron chi connectivity index (χ4n) is 3.62. The summed E-state index contributed by atoms with van der Waals surface area (Å²) in [6.07, 6.45) is 4.84. The minimum Gasteiger partial charge on any atom is -0.381 e. The molecule has 2 aliphatic rings. The third-order valence-corrected chi connectivity index (χ3v) is 5.05. The third kappa shape index (κ3) is 3.68. The maximum Gasteiger partial charge on any atom is 0.221 e. The van der Waals surface area contributed by atoms with Crippen molar-refractivity contribution in [1.29, 1.82) is 0 Å². The van der Waals surface area contributed by atoms with E-state index in [9.17, 15) is 4.79 Å². The zero-order valence-electron chi connectivity index (χ0n) is 13.1. The van der Waals surface area contributed by atoms with Gasteiger partial charge in [0.05, 0.1) is 0 Å². The molecule has 2 aliphatic heterocycles. The summed E-state index contributed by atoms with van der Waals surface area (Å²) < 4.78 is 5.54. The number of nitrogens with one attached hydrogen (secondary N) is 2. The van der Waals surface area contributed by atoms with Gasteiger partial charge in [-0.05, 0) is 37.8 Å². The van der Waals surface area contributed by atoms with Crippen LogP contribution in [0.25, 0.3) is 0 Å². The summed E-state index contributed by atoms with van der Waals surface area (Å²) in [5.41, 5.74) is 1.34. The summed E-state index contributed by atoms with van der Waals surface area (Å²) >= 11 is 0. The van der Waals surface area contributed by atoms with Crippen LogP contribution < -0.4 is 10.6 Å². The van der Waals surface area contributed by atoms with Crippen LogP contribution in [0.1, 0.15) is 37.7 Å². The van der Waals surface area contributed by atoms with E-state index in [0.29, 0.717) is 19.0 Å². The van der Waals surface area contributed by atoms with Crippen molar-refractivity contribution in [3.8, 4) is 0 Å². The minimum absolute atomic E-state index is 0.0261. The van der Waals surface area contributed by atoms with E-state index in [1.165, 1.54) is 12.0 Å². The van der Waals surface area contributed by atoms with Gasteiger partial charge in [-0.15, -0.1) is 0 Å². The predicted octanol–water partition coefficient (Wildman–Crippen LogP) is 1.99. The van der Waals surface area contributed by atoms with Gasteiger partial charge in [0.25, 0.3) is 0 Å². The van der Waals surface area contributed by atoms with Crippen molar-refractivity contribution in [2.45, 2.75) is 43.6 Å². The highest BCUT2D eigenvalue weighted by Gasteiger charge is 2.34. The molecule has 0 radical (unpaired) electrons. The molecule has 0 saturated carbocycles. The second-order valence-corrected chi connectivity index (χ2v) is 6.53. The van der Waals surface area contributed by atoms with E-state index >= 15 is 0 Å². The summed E-state index contributed by atoms with van der Waals surface area (Å²) in [5.74, 6) is 0.168. The molecule has 1 atom stereocenters. The summed E-state index contributed by atoms with van der Waals surface area (Å²) in [5, 5.41) is 6.57. The smallest absolute Gasteiger partial charge is 0.221 e. The van der Waals surface area contributed by atoms with Crippen LogP contribution in [0.2, 0.25) is 0 Å². The lowest BCUT2D eigenvalue weighted by Gasteiger charge is -2.38. The SMILES string of the molecule is O=C(CC1CCCN1)NCC1(c2ccccc2)CCOCC1. The van der Waals surface area contributed by atoms with E-state index in [1.54, 1.807) is 0 Å². The first-order chi connectivity index (χ1) is 10.8. The fourth-order valence-corrected chi connectivity index (χ4v) is 3.62. The van der Waals surface area contributed by atoms with E-state index in [2.05, 4.69) is 34.9 Å². The molecule has 4 heteroatoms. The molecular formula is C18H26N2O2. The van der Waals surface area contributed by atoms with Gasteiger partial charge in [-0.1, -0.05) is 30.3 Å². The van der Waals surface area contributed by atoms with Gasteiger partial charge in [0.1, 0.15) is 0 Å². The molecule has 2 fully saturated rings. The lowest BCUT2D eigenvalue weighted by Crippen LogP contribution is -2.45. The van der Waals surface area contributed by atoms with E-state index in [-0.39, 0.29) is 11.3 Å². The quantitative estimate of drug-likeness (QED) is 0.874. The lowest BCUT2D eigenvalue weighted by molar-refractivity contribution is -0.122. The average Bonchev–Trinajstić information content (AvgIpc) is 3.08. The summed E-state index contributed by atoms with van der Waals surface area (Å²) in [6.45, 7) is 3.30. The summed E-state index contributed by atoms with van der Waals surface area (Å²) in [7, 11) is 0. The van der Waals surface area contributed by atoms with Crippen molar-refractivity contribution in [2.75, 3.05) is 26.3 Å². The highest BCUT2D eigenvalue weighted by atomic mass is 16.5. The average molecular weight is 302 g/mol.